The lowest BCUT2D eigenvalue weighted by Gasteiger charge is -2.27. The van der Waals surface area contributed by atoms with Gasteiger partial charge >= 0.3 is 0 Å². The van der Waals surface area contributed by atoms with E-state index in [2.05, 4.69) is 15.4 Å². The highest BCUT2D eigenvalue weighted by Crippen LogP contribution is 2.39. The molecule has 2 aromatic rings. The molecular formula is C19H24N4O2. The van der Waals surface area contributed by atoms with Crippen molar-refractivity contribution in [3.63, 3.8) is 0 Å². The van der Waals surface area contributed by atoms with Crippen LogP contribution in [-0.4, -0.2) is 38.4 Å². The maximum absolute atomic E-state index is 12.6. The molecule has 25 heavy (non-hydrogen) atoms. The van der Waals surface area contributed by atoms with E-state index in [4.69, 9.17) is 0 Å². The van der Waals surface area contributed by atoms with Gasteiger partial charge in [-0.2, -0.15) is 0 Å². The average molecular weight is 340 g/mol. The summed E-state index contributed by atoms with van der Waals surface area (Å²) < 4.78 is 1.81. The minimum absolute atomic E-state index is 0.156. The van der Waals surface area contributed by atoms with Crippen LogP contribution in [0, 0.1) is 5.92 Å². The highest BCUT2D eigenvalue weighted by atomic mass is 16.3. The Morgan fingerprint density at radius 3 is 2.48 bits per heavy atom. The Hall–Kier alpha value is -2.21. The van der Waals surface area contributed by atoms with E-state index in [1.165, 1.54) is 0 Å². The molecule has 1 aromatic heterocycles. The second kappa shape index (κ2) is 6.96. The minimum atomic E-state index is -0.191. The van der Waals surface area contributed by atoms with E-state index in [1.807, 2.05) is 35.0 Å². The van der Waals surface area contributed by atoms with Gasteiger partial charge in [0.15, 0.2) is 0 Å². The molecule has 1 amide bonds. The summed E-state index contributed by atoms with van der Waals surface area (Å²) in [6.07, 6.45) is 5.95. The van der Waals surface area contributed by atoms with E-state index < -0.39 is 0 Å². The first-order valence-electron chi connectivity index (χ1n) is 9.18. The number of hydrogen-bond donors (Lipinski definition) is 2. The van der Waals surface area contributed by atoms with Crippen LogP contribution in [0.2, 0.25) is 0 Å². The van der Waals surface area contributed by atoms with Gasteiger partial charge in [-0.05, 0) is 56.6 Å². The highest BCUT2D eigenvalue weighted by Gasteiger charge is 2.32. The summed E-state index contributed by atoms with van der Waals surface area (Å²) in [6, 6.07) is 10.0. The van der Waals surface area contributed by atoms with Crippen LogP contribution in [-0.2, 0) is 0 Å². The smallest absolute Gasteiger partial charge is 0.291 e. The van der Waals surface area contributed by atoms with Crippen LogP contribution in [0.4, 0.5) is 0 Å². The van der Waals surface area contributed by atoms with Crippen molar-refractivity contribution in [3.05, 3.63) is 42.0 Å². The molecule has 2 aliphatic carbocycles. The number of nitrogens with one attached hydrogen (secondary N) is 1. The van der Waals surface area contributed by atoms with Gasteiger partial charge in [-0.15, -0.1) is 5.10 Å². The fraction of sp³-hybridized carbons (Fsp3) is 0.526. The van der Waals surface area contributed by atoms with Crippen LogP contribution in [0.25, 0.3) is 5.69 Å². The molecule has 0 spiro atoms. The molecule has 6 heteroatoms. The van der Waals surface area contributed by atoms with E-state index in [0.29, 0.717) is 11.8 Å². The normalized spacial score (nSPS) is 23.4. The molecular weight excluding hydrogens is 316 g/mol. The summed E-state index contributed by atoms with van der Waals surface area (Å²) in [7, 11) is 0. The molecule has 1 aromatic carbocycles. The molecule has 132 valence electrons. The lowest BCUT2D eigenvalue weighted by atomic mass is 9.86. The van der Waals surface area contributed by atoms with Gasteiger partial charge in [0.05, 0.1) is 5.69 Å². The molecule has 4 rings (SSSR count). The maximum atomic E-state index is 12.6. The summed E-state index contributed by atoms with van der Waals surface area (Å²) >= 11 is 0. The van der Waals surface area contributed by atoms with E-state index >= 15 is 0 Å². The van der Waals surface area contributed by atoms with Gasteiger partial charge in [-0.1, -0.05) is 18.2 Å². The molecule has 0 atom stereocenters. The molecule has 2 fully saturated rings. The van der Waals surface area contributed by atoms with Crippen molar-refractivity contribution in [2.24, 2.45) is 5.92 Å². The number of benzene rings is 1. The zero-order chi connectivity index (χ0) is 17.2. The predicted molar refractivity (Wildman–Crippen MR) is 93.6 cm³/mol. The number of aromatic nitrogens is 3. The molecule has 0 bridgehead atoms. The molecule has 2 N–H and O–H groups in total. The molecule has 0 saturated heterocycles. The number of carbonyl (C=O) groups is 1. The molecule has 0 aliphatic heterocycles. The maximum Gasteiger partial charge on any atom is 0.291 e. The number of amides is 1. The zero-order valence-electron chi connectivity index (χ0n) is 14.3. The molecule has 0 radical (unpaired) electrons. The monoisotopic (exact) mass is 340 g/mol. The van der Waals surface area contributed by atoms with E-state index in [0.717, 1.165) is 50.0 Å². The Bertz CT molecular complexity index is 731. The summed E-state index contributed by atoms with van der Waals surface area (Å²) in [6.45, 7) is 0.244. The van der Waals surface area contributed by atoms with Gasteiger partial charge in [-0.3, -0.25) is 4.79 Å². The third-order valence-corrected chi connectivity index (χ3v) is 5.22. The number of aliphatic hydroxyl groups excluding tert-OH is 1. The third kappa shape index (κ3) is 3.58. The van der Waals surface area contributed by atoms with Crippen LogP contribution in [0.5, 0.6) is 0 Å². The number of carbonyl (C=O) groups excluding carboxylic acids is 1. The number of para-hydroxylation sites is 1. The van der Waals surface area contributed by atoms with E-state index in [-0.39, 0.29) is 24.4 Å². The Kier molecular flexibility index (Phi) is 4.53. The van der Waals surface area contributed by atoms with Crippen molar-refractivity contribution in [2.45, 2.75) is 50.5 Å². The predicted octanol–water partition coefficient (Wildman–Crippen LogP) is 2.43. The van der Waals surface area contributed by atoms with Crippen LogP contribution in [0.3, 0.4) is 0 Å². The molecule has 0 unspecified atom stereocenters. The summed E-state index contributed by atoms with van der Waals surface area (Å²) in [5.41, 5.74) is 0.944. The molecule has 1 heterocycles. The second-order valence-corrected chi connectivity index (χ2v) is 7.19. The third-order valence-electron chi connectivity index (χ3n) is 5.22. The topological polar surface area (TPSA) is 80.0 Å². The number of aliphatic hydroxyl groups is 1. The van der Waals surface area contributed by atoms with Crippen molar-refractivity contribution in [1.82, 2.24) is 20.1 Å². The number of nitrogens with zero attached hydrogens (tertiary/aromatic N) is 3. The van der Waals surface area contributed by atoms with Gasteiger partial charge in [-0.25, -0.2) is 9.67 Å². The lowest BCUT2D eigenvalue weighted by molar-refractivity contribution is 0.0903. The Morgan fingerprint density at radius 1 is 1.12 bits per heavy atom. The minimum Gasteiger partial charge on any atom is -0.396 e. The van der Waals surface area contributed by atoms with Crippen molar-refractivity contribution in [2.75, 3.05) is 6.61 Å². The summed E-state index contributed by atoms with van der Waals surface area (Å²) in [5.74, 6) is 1.75. The highest BCUT2D eigenvalue weighted by molar-refractivity contribution is 5.90. The van der Waals surface area contributed by atoms with Crippen LogP contribution < -0.4 is 5.32 Å². The quantitative estimate of drug-likeness (QED) is 0.876. The summed E-state index contributed by atoms with van der Waals surface area (Å²) in [5, 5.41) is 16.8. The van der Waals surface area contributed by atoms with Crippen molar-refractivity contribution >= 4 is 5.91 Å². The van der Waals surface area contributed by atoms with Crippen molar-refractivity contribution < 1.29 is 9.90 Å². The first-order chi connectivity index (χ1) is 12.2. The standard InChI is InChI=1S/C19H24N4O2/c24-12-13-6-10-15(11-7-13)20-19(25)17-21-18(14-8-9-14)23(22-17)16-4-2-1-3-5-16/h1-5,13-15,24H,6-12H2,(H,20,25). The number of rotatable bonds is 5. The van der Waals surface area contributed by atoms with Crippen molar-refractivity contribution in [3.8, 4) is 5.69 Å². The Balaban J connectivity index is 1.50. The Labute approximate surface area is 147 Å². The van der Waals surface area contributed by atoms with E-state index in [1.54, 1.807) is 0 Å². The fourth-order valence-corrected chi connectivity index (χ4v) is 3.52. The first kappa shape index (κ1) is 16.3. The average Bonchev–Trinajstić information content (AvgIpc) is 3.41. The number of hydrogen-bond acceptors (Lipinski definition) is 4. The van der Waals surface area contributed by atoms with Gasteiger partial charge in [0.25, 0.3) is 5.91 Å². The molecule has 6 nitrogen and oxygen atoms in total. The lowest BCUT2D eigenvalue weighted by Crippen LogP contribution is -2.38. The zero-order valence-corrected chi connectivity index (χ0v) is 14.3. The van der Waals surface area contributed by atoms with Crippen LogP contribution >= 0.6 is 0 Å². The first-order valence-corrected chi connectivity index (χ1v) is 9.18. The molecule has 2 aliphatic rings. The van der Waals surface area contributed by atoms with Gasteiger partial charge in [0.1, 0.15) is 5.82 Å². The van der Waals surface area contributed by atoms with Crippen LogP contribution in [0.15, 0.2) is 30.3 Å². The second-order valence-electron chi connectivity index (χ2n) is 7.19. The fourth-order valence-electron chi connectivity index (χ4n) is 3.52. The van der Waals surface area contributed by atoms with Crippen LogP contribution in [0.1, 0.15) is 60.9 Å². The van der Waals surface area contributed by atoms with E-state index in [9.17, 15) is 9.90 Å². The van der Waals surface area contributed by atoms with Gasteiger partial charge in [0, 0.05) is 18.6 Å². The largest absolute Gasteiger partial charge is 0.396 e. The van der Waals surface area contributed by atoms with Gasteiger partial charge < -0.3 is 10.4 Å². The SMILES string of the molecule is O=C(NC1CCC(CO)CC1)c1nc(C2CC2)n(-c2ccccc2)n1. The Morgan fingerprint density at radius 2 is 1.84 bits per heavy atom. The van der Waals surface area contributed by atoms with Gasteiger partial charge in [0.2, 0.25) is 5.82 Å². The summed E-state index contributed by atoms with van der Waals surface area (Å²) in [4.78, 5) is 17.1. The van der Waals surface area contributed by atoms with Crippen molar-refractivity contribution in [1.29, 1.82) is 0 Å². The molecule has 2 saturated carbocycles.